The van der Waals surface area contributed by atoms with Crippen molar-refractivity contribution in [3.63, 3.8) is 0 Å². The number of carbonyl (C=O) groups excluding carboxylic acids is 1. The molecule has 0 radical (unpaired) electrons. The highest BCUT2D eigenvalue weighted by molar-refractivity contribution is 6.32. The zero-order chi connectivity index (χ0) is 21.8. The third-order valence-electron chi connectivity index (χ3n) is 5.99. The molecule has 2 heterocycles. The smallest absolute Gasteiger partial charge is 0.270 e. The molecule has 1 aromatic heterocycles. The van der Waals surface area contributed by atoms with E-state index in [9.17, 15) is 4.79 Å². The van der Waals surface area contributed by atoms with Crippen molar-refractivity contribution < 1.29 is 4.79 Å². The fraction of sp³-hybridized carbons (Fsp3) is 0.360. The van der Waals surface area contributed by atoms with Crippen molar-refractivity contribution in [2.45, 2.75) is 33.1 Å². The molecule has 1 N–H and O–H groups in total. The van der Waals surface area contributed by atoms with Gasteiger partial charge in [-0.1, -0.05) is 42.3 Å². The second-order valence-corrected chi connectivity index (χ2v) is 8.64. The Balaban J connectivity index is 1.61. The summed E-state index contributed by atoms with van der Waals surface area (Å²) >= 11 is 6.44. The zero-order valence-electron chi connectivity index (χ0n) is 18.2. The van der Waals surface area contributed by atoms with Crippen molar-refractivity contribution in [1.29, 1.82) is 0 Å². The number of hydrogen-bond donors (Lipinski definition) is 1. The molecule has 0 spiro atoms. The second-order valence-electron chi connectivity index (χ2n) is 8.24. The van der Waals surface area contributed by atoms with Gasteiger partial charge >= 0.3 is 0 Å². The van der Waals surface area contributed by atoms with Crippen LogP contribution in [-0.4, -0.2) is 46.8 Å². The Morgan fingerprint density at radius 3 is 2.55 bits per heavy atom. The number of likely N-dealkylation sites (tertiary alicyclic amines) is 1. The lowest BCUT2D eigenvalue weighted by Crippen LogP contribution is -2.38. The average Bonchev–Trinajstić information content (AvgIpc) is 3.22. The number of carbonyl (C=O) groups is 1. The summed E-state index contributed by atoms with van der Waals surface area (Å²) in [7, 11) is 0. The van der Waals surface area contributed by atoms with Crippen LogP contribution in [0.3, 0.4) is 0 Å². The number of amides is 1. The van der Waals surface area contributed by atoms with Gasteiger partial charge in [-0.25, -0.2) is 4.68 Å². The quantitative estimate of drug-likeness (QED) is 0.589. The maximum atomic E-state index is 13.1. The lowest BCUT2D eigenvalue weighted by atomic mass is 10.0. The number of para-hydroxylation sites is 1. The summed E-state index contributed by atoms with van der Waals surface area (Å²) in [5.41, 5.74) is 5.34. The third-order valence-corrected chi connectivity index (χ3v) is 6.31. The second kappa shape index (κ2) is 9.67. The van der Waals surface area contributed by atoms with Crippen molar-refractivity contribution >= 4 is 17.5 Å². The van der Waals surface area contributed by atoms with Gasteiger partial charge in [0.2, 0.25) is 0 Å². The number of halogens is 1. The van der Waals surface area contributed by atoms with Crippen LogP contribution in [0, 0.1) is 13.8 Å². The summed E-state index contributed by atoms with van der Waals surface area (Å²) in [6.45, 7) is 7.89. The van der Waals surface area contributed by atoms with Gasteiger partial charge in [0.05, 0.1) is 16.4 Å². The Bertz CT molecular complexity index is 1070. The first-order valence-corrected chi connectivity index (χ1v) is 11.3. The first-order valence-electron chi connectivity index (χ1n) is 11.0. The van der Waals surface area contributed by atoms with E-state index in [0.717, 1.165) is 30.9 Å². The molecule has 162 valence electrons. The van der Waals surface area contributed by atoms with E-state index in [1.807, 2.05) is 36.4 Å². The van der Waals surface area contributed by atoms with Crippen LogP contribution in [0.5, 0.6) is 0 Å². The van der Waals surface area contributed by atoms with Crippen molar-refractivity contribution in [2.24, 2.45) is 0 Å². The van der Waals surface area contributed by atoms with Crippen LogP contribution in [0.1, 0.15) is 40.9 Å². The summed E-state index contributed by atoms with van der Waals surface area (Å²) < 4.78 is 1.66. The van der Waals surface area contributed by atoms with E-state index in [2.05, 4.69) is 36.2 Å². The highest BCUT2D eigenvalue weighted by Gasteiger charge is 2.19. The minimum absolute atomic E-state index is 0.139. The summed E-state index contributed by atoms with van der Waals surface area (Å²) in [6, 6.07) is 15.5. The average molecular weight is 437 g/mol. The van der Waals surface area contributed by atoms with Gasteiger partial charge in [-0.15, -0.1) is 0 Å². The Morgan fingerprint density at radius 1 is 1.03 bits per heavy atom. The van der Waals surface area contributed by atoms with Crippen molar-refractivity contribution in [3.8, 4) is 16.9 Å². The molecule has 1 saturated heterocycles. The van der Waals surface area contributed by atoms with Crippen molar-refractivity contribution in [1.82, 2.24) is 20.0 Å². The molecule has 0 atom stereocenters. The van der Waals surface area contributed by atoms with Crippen LogP contribution < -0.4 is 5.32 Å². The molecule has 0 bridgehead atoms. The van der Waals surface area contributed by atoms with Gasteiger partial charge in [-0.3, -0.25) is 4.79 Å². The number of aromatic nitrogens is 2. The molecule has 6 heteroatoms. The predicted molar refractivity (Wildman–Crippen MR) is 126 cm³/mol. The van der Waals surface area contributed by atoms with E-state index in [0.29, 0.717) is 22.9 Å². The van der Waals surface area contributed by atoms with Gasteiger partial charge in [0.25, 0.3) is 5.91 Å². The van der Waals surface area contributed by atoms with E-state index >= 15 is 0 Å². The third kappa shape index (κ3) is 5.00. The zero-order valence-corrected chi connectivity index (χ0v) is 19.0. The van der Waals surface area contributed by atoms with Crippen LogP contribution in [0.2, 0.25) is 5.02 Å². The molecule has 1 aliphatic heterocycles. The molecule has 0 unspecified atom stereocenters. The summed E-state index contributed by atoms with van der Waals surface area (Å²) in [4.78, 5) is 15.5. The Kier molecular flexibility index (Phi) is 6.73. The molecule has 0 aliphatic carbocycles. The molecule has 1 aliphatic rings. The van der Waals surface area contributed by atoms with Gasteiger partial charge < -0.3 is 10.2 Å². The molecule has 31 heavy (non-hydrogen) atoms. The van der Waals surface area contributed by atoms with Crippen molar-refractivity contribution in [3.05, 3.63) is 70.4 Å². The van der Waals surface area contributed by atoms with Crippen LogP contribution in [0.4, 0.5) is 0 Å². The van der Waals surface area contributed by atoms with Gasteiger partial charge in [-0.05, 0) is 75.2 Å². The molecule has 3 aromatic rings. The summed E-state index contributed by atoms with van der Waals surface area (Å²) in [6.07, 6.45) is 3.79. The Morgan fingerprint density at radius 2 is 1.81 bits per heavy atom. The van der Waals surface area contributed by atoms with Gasteiger partial charge in [0.1, 0.15) is 5.69 Å². The van der Waals surface area contributed by atoms with E-state index in [-0.39, 0.29) is 5.91 Å². The van der Waals surface area contributed by atoms with E-state index in [1.165, 1.54) is 30.4 Å². The molecule has 0 saturated carbocycles. The van der Waals surface area contributed by atoms with Gasteiger partial charge in [0.15, 0.2) is 0 Å². The van der Waals surface area contributed by atoms with E-state index in [1.54, 1.807) is 4.68 Å². The van der Waals surface area contributed by atoms with Gasteiger partial charge in [-0.2, -0.15) is 5.10 Å². The highest BCUT2D eigenvalue weighted by atomic mass is 35.5. The number of piperidine rings is 1. The fourth-order valence-corrected chi connectivity index (χ4v) is 4.21. The first-order chi connectivity index (χ1) is 15.0. The summed E-state index contributed by atoms with van der Waals surface area (Å²) in [5.74, 6) is -0.139. The largest absolute Gasteiger partial charge is 0.349 e. The van der Waals surface area contributed by atoms with E-state index < -0.39 is 0 Å². The number of aryl methyl sites for hydroxylation is 2. The predicted octanol–water partition coefficient (Wildman–Crippen LogP) is 5.03. The standard InChI is InChI=1S/C25H29ClN4O/c1-18-10-11-20(16-19(18)2)22-17-24(30(28-22)23-9-5-4-8-21(23)26)25(31)27-12-15-29-13-6-3-7-14-29/h4-5,8-11,16-17H,3,6-7,12-15H2,1-2H3,(H,27,31). The molecular formula is C25H29ClN4O. The maximum absolute atomic E-state index is 13.1. The molecular weight excluding hydrogens is 408 g/mol. The number of rotatable bonds is 6. The lowest BCUT2D eigenvalue weighted by molar-refractivity contribution is 0.0939. The lowest BCUT2D eigenvalue weighted by Gasteiger charge is -2.26. The Hall–Kier alpha value is -2.63. The number of benzene rings is 2. The number of nitrogens with zero attached hydrogens (tertiary/aromatic N) is 3. The fourth-order valence-electron chi connectivity index (χ4n) is 3.99. The summed E-state index contributed by atoms with van der Waals surface area (Å²) in [5, 5.41) is 8.39. The van der Waals surface area contributed by atoms with Crippen LogP contribution in [-0.2, 0) is 0 Å². The monoisotopic (exact) mass is 436 g/mol. The molecule has 1 fully saturated rings. The highest BCUT2D eigenvalue weighted by Crippen LogP contribution is 2.26. The molecule has 1 amide bonds. The number of hydrogen-bond acceptors (Lipinski definition) is 3. The van der Waals surface area contributed by atoms with Crippen LogP contribution in [0.15, 0.2) is 48.5 Å². The van der Waals surface area contributed by atoms with Gasteiger partial charge in [0, 0.05) is 18.7 Å². The molecule has 2 aromatic carbocycles. The molecule has 5 nitrogen and oxygen atoms in total. The normalized spacial score (nSPS) is 14.5. The topological polar surface area (TPSA) is 50.2 Å². The maximum Gasteiger partial charge on any atom is 0.270 e. The molecule has 4 rings (SSSR count). The minimum atomic E-state index is -0.139. The van der Waals surface area contributed by atoms with E-state index in [4.69, 9.17) is 16.7 Å². The SMILES string of the molecule is Cc1ccc(-c2cc(C(=O)NCCN3CCCCC3)n(-c3ccccc3Cl)n2)cc1C. The van der Waals surface area contributed by atoms with Crippen LogP contribution in [0.25, 0.3) is 16.9 Å². The number of nitrogens with one attached hydrogen (secondary N) is 1. The van der Waals surface area contributed by atoms with Crippen LogP contribution >= 0.6 is 11.6 Å². The first kappa shape index (κ1) is 21.6. The minimum Gasteiger partial charge on any atom is -0.349 e. The van der Waals surface area contributed by atoms with Crippen molar-refractivity contribution in [2.75, 3.05) is 26.2 Å². The Labute approximate surface area is 189 Å².